The number of ether oxygens (including phenoxy) is 1. The number of hydrogen-bond acceptors (Lipinski definition) is 3. The van der Waals surface area contributed by atoms with Gasteiger partial charge in [-0.3, -0.25) is 5.10 Å². The second-order valence-electron chi connectivity index (χ2n) is 5.00. The Morgan fingerprint density at radius 2 is 1.82 bits per heavy atom. The van der Waals surface area contributed by atoms with Gasteiger partial charge in [0.2, 0.25) is 0 Å². The summed E-state index contributed by atoms with van der Waals surface area (Å²) in [5.74, 6) is 0.748. The number of aromatic nitrogens is 3. The Bertz CT molecular complexity index is 790. The van der Waals surface area contributed by atoms with Crippen LogP contribution in [-0.2, 0) is 0 Å². The molecule has 0 saturated carbocycles. The van der Waals surface area contributed by atoms with E-state index in [1.165, 1.54) is 11.1 Å². The first-order chi connectivity index (χ1) is 10.6. The molecule has 0 aliphatic carbocycles. The van der Waals surface area contributed by atoms with Gasteiger partial charge in [-0.2, -0.15) is 5.10 Å². The summed E-state index contributed by atoms with van der Waals surface area (Å²) in [4.78, 5) is 4.76. The normalized spacial score (nSPS) is 10.3. The Labute approximate surface area is 131 Å². The molecule has 0 fully saturated rings. The molecule has 0 atom stereocenters. The fourth-order valence-corrected chi connectivity index (χ4v) is 2.40. The molecule has 1 aromatic carbocycles. The zero-order valence-electron chi connectivity index (χ0n) is 14.1. The predicted octanol–water partition coefficient (Wildman–Crippen LogP) is 4.58. The van der Waals surface area contributed by atoms with Crippen LogP contribution in [0.4, 0.5) is 0 Å². The predicted molar refractivity (Wildman–Crippen MR) is 91.4 cm³/mol. The van der Waals surface area contributed by atoms with E-state index >= 15 is 0 Å². The standard InChI is InChI=1S/C16H17N3O.C2H6/c1-9-6-5-7-12(10(9)2)16-14(20-4)8-13-15(17-16)11(3)18-19-13;1-2/h5-8H,1-4H3,(H,18,19);1-2H3. The van der Waals surface area contributed by atoms with Crippen LogP contribution in [0.2, 0.25) is 0 Å². The van der Waals surface area contributed by atoms with Gasteiger partial charge in [-0.1, -0.05) is 32.0 Å². The van der Waals surface area contributed by atoms with Gasteiger partial charge in [-0.15, -0.1) is 0 Å². The molecular weight excluding hydrogens is 274 g/mol. The first-order valence-electron chi connectivity index (χ1n) is 7.58. The van der Waals surface area contributed by atoms with Gasteiger partial charge in [0, 0.05) is 11.6 Å². The topological polar surface area (TPSA) is 50.8 Å². The molecule has 0 bridgehead atoms. The molecule has 4 nitrogen and oxygen atoms in total. The lowest BCUT2D eigenvalue weighted by atomic mass is 10.00. The molecule has 1 N–H and O–H groups in total. The van der Waals surface area contributed by atoms with E-state index < -0.39 is 0 Å². The summed E-state index contributed by atoms with van der Waals surface area (Å²) in [5, 5.41) is 7.20. The minimum Gasteiger partial charge on any atom is -0.494 e. The number of aromatic amines is 1. The van der Waals surface area contributed by atoms with Gasteiger partial charge in [0.15, 0.2) is 0 Å². The maximum absolute atomic E-state index is 5.50. The third-order valence-corrected chi connectivity index (χ3v) is 3.75. The third-order valence-electron chi connectivity index (χ3n) is 3.75. The van der Waals surface area contributed by atoms with Gasteiger partial charge in [0.1, 0.15) is 22.5 Å². The second-order valence-corrected chi connectivity index (χ2v) is 5.00. The van der Waals surface area contributed by atoms with Crippen LogP contribution >= 0.6 is 0 Å². The van der Waals surface area contributed by atoms with Crippen LogP contribution in [-0.4, -0.2) is 22.3 Å². The number of H-pyrrole nitrogens is 1. The lowest BCUT2D eigenvalue weighted by Gasteiger charge is -2.12. The van der Waals surface area contributed by atoms with Gasteiger partial charge in [-0.05, 0) is 31.9 Å². The van der Waals surface area contributed by atoms with E-state index in [0.29, 0.717) is 0 Å². The van der Waals surface area contributed by atoms with E-state index in [2.05, 4.69) is 36.2 Å². The van der Waals surface area contributed by atoms with Crippen LogP contribution in [0.1, 0.15) is 30.7 Å². The van der Waals surface area contributed by atoms with E-state index in [1.54, 1.807) is 7.11 Å². The quantitative estimate of drug-likeness (QED) is 0.753. The fourth-order valence-electron chi connectivity index (χ4n) is 2.40. The number of nitrogens with zero attached hydrogens (tertiary/aromatic N) is 2. The SMILES string of the molecule is CC.COc1cc2n[nH]c(C)c2nc1-c1cccc(C)c1C. The van der Waals surface area contributed by atoms with Gasteiger partial charge in [0.05, 0.1) is 12.8 Å². The zero-order valence-corrected chi connectivity index (χ0v) is 14.1. The van der Waals surface area contributed by atoms with Crippen molar-refractivity contribution in [2.24, 2.45) is 0 Å². The number of hydrogen-bond donors (Lipinski definition) is 1. The molecule has 2 aromatic heterocycles. The molecule has 0 unspecified atom stereocenters. The highest BCUT2D eigenvalue weighted by atomic mass is 16.5. The van der Waals surface area contributed by atoms with E-state index in [1.807, 2.05) is 32.9 Å². The van der Waals surface area contributed by atoms with Crippen molar-refractivity contribution < 1.29 is 4.74 Å². The molecule has 22 heavy (non-hydrogen) atoms. The molecule has 3 aromatic rings. The van der Waals surface area contributed by atoms with Crippen molar-refractivity contribution in [2.45, 2.75) is 34.6 Å². The smallest absolute Gasteiger partial charge is 0.147 e. The number of pyridine rings is 1. The minimum atomic E-state index is 0.748. The number of aryl methyl sites for hydroxylation is 2. The van der Waals surface area contributed by atoms with Crippen LogP contribution in [0, 0.1) is 20.8 Å². The molecule has 0 spiro atoms. The average molecular weight is 297 g/mol. The Kier molecular flexibility index (Phi) is 4.81. The summed E-state index contributed by atoms with van der Waals surface area (Å²) in [6.07, 6.45) is 0. The first kappa shape index (κ1) is 16.0. The van der Waals surface area contributed by atoms with Crippen LogP contribution < -0.4 is 4.74 Å². The van der Waals surface area contributed by atoms with Gasteiger partial charge in [-0.25, -0.2) is 4.98 Å². The Balaban J connectivity index is 0.000000847. The summed E-state index contributed by atoms with van der Waals surface area (Å²) >= 11 is 0. The maximum atomic E-state index is 5.50. The highest BCUT2D eigenvalue weighted by molar-refractivity contribution is 5.84. The molecule has 116 valence electrons. The van der Waals surface area contributed by atoms with E-state index in [9.17, 15) is 0 Å². The van der Waals surface area contributed by atoms with Gasteiger partial charge in [0.25, 0.3) is 0 Å². The number of rotatable bonds is 2. The van der Waals surface area contributed by atoms with Crippen LogP contribution in [0.5, 0.6) is 5.75 Å². The van der Waals surface area contributed by atoms with Crippen molar-refractivity contribution in [2.75, 3.05) is 7.11 Å². The fraction of sp³-hybridized carbons (Fsp3) is 0.333. The van der Waals surface area contributed by atoms with E-state index in [0.717, 1.165) is 33.7 Å². The number of fused-ring (bicyclic) bond motifs is 1. The van der Waals surface area contributed by atoms with E-state index in [-0.39, 0.29) is 0 Å². The molecule has 4 heteroatoms. The monoisotopic (exact) mass is 297 g/mol. The van der Waals surface area contributed by atoms with Crippen LogP contribution in [0.15, 0.2) is 24.3 Å². The summed E-state index contributed by atoms with van der Waals surface area (Å²) < 4.78 is 5.50. The van der Waals surface area contributed by atoms with Crippen molar-refractivity contribution in [3.05, 3.63) is 41.1 Å². The molecule has 0 saturated heterocycles. The molecule has 0 amide bonds. The molecule has 0 radical (unpaired) electrons. The Morgan fingerprint density at radius 3 is 2.50 bits per heavy atom. The van der Waals surface area contributed by atoms with Gasteiger partial charge >= 0.3 is 0 Å². The zero-order chi connectivity index (χ0) is 16.3. The van der Waals surface area contributed by atoms with Crippen LogP contribution in [0.3, 0.4) is 0 Å². The van der Waals surface area contributed by atoms with Crippen LogP contribution in [0.25, 0.3) is 22.3 Å². The van der Waals surface area contributed by atoms with Crippen molar-refractivity contribution in [3.63, 3.8) is 0 Å². The first-order valence-corrected chi connectivity index (χ1v) is 7.58. The molecular formula is C18H23N3O. The minimum absolute atomic E-state index is 0.748. The molecule has 0 aliphatic heterocycles. The lowest BCUT2D eigenvalue weighted by molar-refractivity contribution is 0.415. The summed E-state index contributed by atoms with van der Waals surface area (Å²) in [5.41, 5.74) is 7.12. The Hall–Kier alpha value is -2.36. The molecule has 3 rings (SSSR count). The largest absolute Gasteiger partial charge is 0.494 e. The van der Waals surface area contributed by atoms with E-state index in [4.69, 9.17) is 9.72 Å². The third kappa shape index (κ3) is 2.69. The molecule has 0 aliphatic rings. The number of methoxy groups -OCH3 is 1. The summed E-state index contributed by atoms with van der Waals surface area (Å²) in [6.45, 7) is 10.2. The summed E-state index contributed by atoms with van der Waals surface area (Å²) in [6, 6.07) is 8.16. The van der Waals surface area contributed by atoms with Crippen molar-refractivity contribution >= 4 is 11.0 Å². The van der Waals surface area contributed by atoms with Crippen molar-refractivity contribution in [1.82, 2.24) is 15.2 Å². The van der Waals surface area contributed by atoms with Crippen molar-refractivity contribution in [3.8, 4) is 17.0 Å². The summed E-state index contributed by atoms with van der Waals surface area (Å²) in [7, 11) is 1.66. The number of benzene rings is 1. The highest BCUT2D eigenvalue weighted by Crippen LogP contribution is 2.34. The lowest BCUT2D eigenvalue weighted by Crippen LogP contribution is -1.95. The van der Waals surface area contributed by atoms with Crippen molar-refractivity contribution in [1.29, 1.82) is 0 Å². The highest BCUT2D eigenvalue weighted by Gasteiger charge is 2.15. The maximum Gasteiger partial charge on any atom is 0.147 e. The Morgan fingerprint density at radius 1 is 1.09 bits per heavy atom. The number of nitrogens with one attached hydrogen (secondary N) is 1. The van der Waals surface area contributed by atoms with Gasteiger partial charge < -0.3 is 4.74 Å². The second kappa shape index (κ2) is 6.60. The molecule has 2 heterocycles. The average Bonchev–Trinajstić information content (AvgIpc) is 2.91.